The molecule has 2 unspecified atom stereocenters. The Hall–Kier alpha value is -1.79. The summed E-state index contributed by atoms with van der Waals surface area (Å²) in [4.78, 5) is 35.5. The van der Waals surface area contributed by atoms with Crippen LogP contribution in [0.3, 0.4) is 0 Å². The molecule has 0 aromatic rings. The largest absolute Gasteiger partial charge is 0.444 e. The van der Waals surface area contributed by atoms with Crippen molar-refractivity contribution in [1.29, 1.82) is 0 Å². The minimum absolute atomic E-state index is 0.247. The van der Waals surface area contributed by atoms with Crippen LogP contribution in [0.4, 0.5) is 4.79 Å². The summed E-state index contributed by atoms with van der Waals surface area (Å²) in [5, 5.41) is 7.61. The summed E-state index contributed by atoms with van der Waals surface area (Å²) in [6, 6.07) is -1.42. The van der Waals surface area contributed by atoms with E-state index in [1.165, 1.54) is 14.0 Å². The zero-order valence-electron chi connectivity index (χ0n) is 14.6. The van der Waals surface area contributed by atoms with Crippen LogP contribution in [-0.4, -0.2) is 42.6 Å². The summed E-state index contributed by atoms with van der Waals surface area (Å²) in [5.74, 6) is -0.441. The summed E-state index contributed by atoms with van der Waals surface area (Å²) in [7, 11) is 1.52. The van der Waals surface area contributed by atoms with Crippen molar-refractivity contribution in [1.82, 2.24) is 16.0 Å². The molecule has 0 saturated carbocycles. The fourth-order valence-corrected chi connectivity index (χ4v) is 1.72. The first-order valence-electron chi connectivity index (χ1n) is 7.47. The number of amides is 3. The molecule has 0 radical (unpaired) electrons. The molecule has 0 aromatic heterocycles. The Morgan fingerprint density at radius 2 is 1.55 bits per heavy atom. The topological polar surface area (TPSA) is 96.5 Å². The molecular formula is C15H29N3O4. The maximum Gasteiger partial charge on any atom is 0.408 e. The number of alkyl carbamates (subject to hydrolysis) is 1. The molecule has 0 aliphatic heterocycles. The van der Waals surface area contributed by atoms with Crippen molar-refractivity contribution in [3.05, 3.63) is 0 Å². The van der Waals surface area contributed by atoms with E-state index in [1.54, 1.807) is 20.8 Å². The summed E-state index contributed by atoms with van der Waals surface area (Å²) in [6.07, 6.45) is -0.152. The fourth-order valence-electron chi connectivity index (χ4n) is 1.72. The van der Waals surface area contributed by atoms with Crippen LogP contribution in [0.1, 0.15) is 48.0 Å². The van der Waals surface area contributed by atoms with Gasteiger partial charge in [0.2, 0.25) is 11.8 Å². The Morgan fingerprint density at radius 1 is 1.00 bits per heavy atom. The summed E-state index contributed by atoms with van der Waals surface area (Å²) in [6.45, 7) is 10.7. The predicted molar refractivity (Wildman–Crippen MR) is 84.3 cm³/mol. The van der Waals surface area contributed by atoms with Crippen LogP contribution in [0.25, 0.3) is 0 Å². The quantitative estimate of drug-likeness (QED) is 0.685. The first-order chi connectivity index (χ1) is 9.96. The van der Waals surface area contributed by atoms with Gasteiger partial charge in [-0.3, -0.25) is 9.59 Å². The number of likely N-dealkylation sites (N-methyl/N-ethyl adjacent to an activating group) is 1. The Kier molecular flexibility index (Phi) is 7.90. The van der Waals surface area contributed by atoms with E-state index in [-0.39, 0.29) is 11.8 Å². The Balaban J connectivity index is 4.59. The molecule has 0 aliphatic rings. The van der Waals surface area contributed by atoms with E-state index < -0.39 is 29.7 Å². The number of ether oxygens (including phenoxy) is 1. The molecule has 0 heterocycles. The first kappa shape index (κ1) is 20.2. The zero-order chi connectivity index (χ0) is 17.5. The minimum Gasteiger partial charge on any atom is -0.444 e. The second-order valence-electron chi connectivity index (χ2n) is 6.67. The number of carbonyl (C=O) groups is 3. The lowest BCUT2D eigenvalue weighted by molar-refractivity contribution is -0.129. The lowest BCUT2D eigenvalue weighted by atomic mass is 10.0. The van der Waals surface area contributed by atoms with Gasteiger partial charge in [-0.1, -0.05) is 13.8 Å². The molecule has 0 aromatic carbocycles. The van der Waals surface area contributed by atoms with Crippen molar-refractivity contribution in [3.8, 4) is 0 Å². The normalized spacial score (nSPS) is 14.0. The third-order valence-electron chi connectivity index (χ3n) is 2.71. The van der Waals surface area contributed by atoms with Crippen molar-refractivity contribution >= 4 is 17.9 Å². The maximum atomic E-state index is 12.1. The highest BCUT2D eigenvalue weighted by Crippen LogP contribution is 2.07. The predicted octanol–water partition coefficient (Wildman–Crippen LogP) is 1.18. The number of carbonyl (C=O) groups excluding carboxylic acids is 3. The molecule has 0 bridgehead atoms. The molecule has 128 valence electrons. The van der Waals surface area contributed by atoms with Gasteiger partial charge in [0.25, 0.3) is 0 Å². The molecule has 0 saturated heterocycles. The second kappa shape index (κ2) is 8.60. The Labute approximate surface area is 132 Å². The molecular weight excluding hydrogens is 286 g/mol. The van der Waals surface area contributed by atoms with Gasteiger partial charge in [0, 0.05) is 7.05 Å². The summed E-state index contributed by atoms with van der Waals surface area (Å²) >= 11 is 0. The molecule has 3 N–H and O–H groups in total. The summed E-state index contributed by atoms with van der Waals surface area (Å²) < 4.78 is 5.09. The highest BCUT2D eigenvalue weighted by molar-refractivity contribution is 5.90. The molecule has 7 heteroatoms. The van der Waals surface area contributed by atoms with E-state index in [1.807, 2.05) is 13.8 Å². The highest BCUT2D eigenvalue weighted by Gasteiger charge is 2.25. The van der Waals surface area contributed by atoms with Crippen LogP contribution in [0.2, 0.25) is 0 Å². The zero-order valence-corrected chi connectivity index (χ0v) is 14.6. The van der Waals surface area contributed by atoms with Gasteiger partial charge >= 0.3 is 6.09 Å². The maximum absolute atomic E-state index is 12.1. The fraction of sp³-hybridized carbons (Fsp3) is 0.800. The molecule has 0 rings (SSSR count). The van der Waals surface area contributed by atoms with Crippen LogP contribution < -0.4 is 16.0 Å². The molecule has 22 heavy (non-hydrogen) atoms. The first-order valence-corrected chi connectivity index (χ1v) is 7.47. The van der Waals surface area contributed by atoms with Gasteiger partial charge in [-0.05, 0) is 40.0 Å². The van der Waals surface area contributed by atoms with Crippen molar-refractivity contribution in [3.63, 3.8) is 0 Å². The van der Waals surface area contributed by atoms with E-state index >= 15 is 0 Å². The van der Waals surface area contributed by atoms with E-state index in [9.17, 15) is 14.4 Å². The van der Waals surface area contributed by atoms with E-state index in [0.29, 0.717) is 6.42 Å². The van der Waals surface area contributed by atoms with Crippen LogP contribution >= 0.6 is 0 Å². The smallest absolute Gasteiger partial charge is 0.408 e. The van der Waals surface area contributed by atoms with Crippen LogP contribution in [0.15, 0.2) is 0 Å². The van der Waals surface area contributed by atoms with Crippen LogP contribution in [0, 0.1) is 5.92 Å². The Bertz CT molecular complexity index is 402. The third-order valence-corrected chi connectivity index (χ3v) is 2.71. The standard InChI is InChI=1S/C15H29N3O4/c1-9(2)8-11(13(20)16-7)18-12(19)10(3)17-14(21)22-15(4,5)6/h9-11H,8H2,1-7H3,(H,16,20)(H,17,21)(H,18,19). The number of nitrogens with one attached hydrogen (secondary N) is 3. The van der Waals surface area contributed by atoms with Crippen molar-refractivity contribution in [2.45, 2.75) is 65.6 Å². The van der Waals surface area contributed by atoms with Gasteiger partial charge in [0.1, 0.15) is 17.7 Å². The number of rotatable bonds is 6. The van der Waals surface area contributed by atoms with Crippen molar-refractivity contribution in [2.75, 3.05) is 7.05 Å². The highest BCUT2D eigenvalue weighted by atomic mass is 16.6. The molecule has 2 atom stereocenters. The van der Waals surface area contributed by atoms with E-state index in [0.717, 1.165) is 0 Å². The Morgan fingerprint density at radius 3 is 1.95 bits per heavy atom. The van der Waals surface area contributed by atoms with E-state index in [4.69, 9.17) is 4.74 Å². The summed E-state index contributed by atoms with van der Waals surface area (Å²) in [5.41, 5.74) is -0.636. The average Bonchev–Trinajstić information content (AvgIpc) is 2.33. The number of hydrogen-bond acceptors (Lipinski definition) is 4. The molecule has 3 amide bonds. The molecule has 0 spiro atoms. The average molecular weight is 315 g/mol. The molecule has 0 fully saturated rings. The van der Waals surface area contributed by atoms with Gasteiger partial charge < -0.3 is 20.7 Å². The lowest BCUT2D eigenvalue weighted by Gasteiger charge is -2.24. The van der Waals surface area contributed by atoms with Crippen LogP contribution in [0.5, 0.6) is 0 Å². The van der Waals surface area contributed by atoms with Crippen molar-refractivity contribution < 1.29 is 19.1 Å². The van der Waals surface area contributed by atoms with Gasteiger partial charge in [0.15, 0.2) is 0 Å². The minimum atomic E-state index is -0.797. The van der Waals surface area contributed by atoms with E-state index in [2.05, 4.69) is 16.0 Å². The number of hydrogen-bond donors (Lipinski definition) is 3. The lowest BCUT2D eigenvalue weighted by Crippen LogP contribution is -2.53. The second-order valence-corrected chi connectivity index (χ2v) is 6.67. The van der Waals surface area contributed by atoms with Crippen molar-refractivity contribution in [2.24, 2.45) is 5.92 Å². The SMILES string of the molecule is CNC(=O)C(CC(C)C)NC(=O)C(C)NC(=O)OC(C)(C)C. The van der Waals surface area contributed by atoms with Gasteiger partial charge in [-0.2, -0.15) is 0 Å². The van der Waals surface area contributed by atoms with Gasteiger partial charge in [-0.15, -0.1) is 0 Å². The van der Waals surface area contributed by atoms with Gasteiger partial charge in [0.05, 0.1) is 0 Å². The van der Waals surface area contributed by atoms with Gasteiger partial charge in [-0.25, -0.2) is 4.79 Å². The third kappa shape index (κ3) is 8.49. The monoisotopic (exact) mass is 315 g/mol. The molecule has 7 nitrogen and oxygen atoms in total. The molecule has 0 aliphatic carbocycles. The van der Waals surface area contributed by atoms with Crippen LogP contribution in [-0.2, 0) is 14.3 Å².